The van der Waals surface area contributed by atoms with Gasteiger partial charge in [0, 0.05) is 25.7 Å². The summed E-state index contributed by atoms with van der Waals surface area (Å²) >= 11 is 1.21. The first-order valence-corrected chi connectivity index (χ1v) is 12.5. The average Bonchev–Trinajstić information content (AvgIpc) is 3.34. The number of amides is 1. The molecule has 0 saturated carbocycles. The van der Waals surface area contributed by atoms with Crippen LogP contribution in [-0.2, 0) is 35.3 Å². The fourth-order valence-corrected chi connectivity index (χ4v) is 5.27. The van der Waals surface area contributed by atoms with E-state index in [1.54, 1.807) is 29.6 Å². The second kappa shape index (κ2) is 9.33. The molecule has 2 heterocycles. The van der Waals surface area contributed by atoms with E-state index in [0.29, 0.717) is 10.6 Å². The first kappa shape index (κ1) is 23.5. The van der Waals surface area contributed by atoms with Crippen molar-refractivity contribution in [3.05, 3.63) is 86.5 Å². The summed E-state index contributed by atoms with van der Waals surface area (Å²) in [7, 11) is -1.39. The number of nitrogens with zero attached hydrogens (tertiary/aromatic N) is 3. The number of aromatic nitrogens is 3. The van der Waals surface area contributed by atoms with Gasteiger partial charge in [-0.1, -0.05) is 30.3 Å². The largest absolute Gasteiger partial charge is 0.330 e. The molecule has 1 atom stereocenters. The second-order valence-electron chi connectivity index (χ2n) is 7.57. The van der Waals surface area contributed by atoms with Crippen LogP contribution in [0.5, 0.6) is 0 Å². The first-order chi connectivity index (χ1) is 16.2. The van der Waals surface area contributed by atoms with Crippen LogP contribution in [0, 0.1) is 0 Å². The minimum absolute atomic E-state index is 0.0688. The summed E-state index contributed by atoms with van der Waals surface area (Å²) in [6.07, 6.45) is 1.63. The Labute approximate surface area is 198 Å². The Balaban J connectivity index is 1.71. The van der Waals surface area contributed by atoms with Gasteiger partial charge in [0.25, 0.3) is 5.56 Å². The highest BCUT2D eigenvalue weighted by molar-refractivity contribution is 7.89. The summed E-state index contributed by atoms with van der Waals surface area (Å²) in [6, 6.07) is 11.7. The molecular weight excluding hydrogens is 478 g/mol. The maximum atomic E-state index is 13.2. The Morgan fingerprint density at radius 2 is 1.82 bits per heavy atom. The van der Waals surface area contributed by atoms with Crippen LogP contribution in [-0.4, -0.2) is 34.5 Å². The van der Waals surface area contributed by atoms with Gasteiger partial charge in [-0.15, -0.1) is 11.3 Å². The number of hydrogen-bond donors (Lipinski definition) is 2. The molecule has 0 aliphatic carbocycles. The number of anilines is 1. The number of carbonyl (C=O) groups is 1. The van der Waals surface area contributed by atoms with Crippen molar-refractivity contribution >= 4 is 43.3 Å². The third kappa shape index (κ3) is 4.69. The molecule has 0 saturated heterocycles. The van der Waals surface area contributed by atoms with E-state index in [4.69, 9.17) is 0 Å². The van der Waals surface area contributed by atoms with E-state index in [2.05, 4.69) is 15.0 Å². The SMILES string of the molecule is Cn1c(=O)c2cc(S(=O)(=O)N[C@@H](Cc3ccccc3)C(=O)Nc3nccs3)ccc2n(C)c1=O. The summed E-state index contributed by atoms with van der Waals surface area (Å²) in [5.41, 5.74) is -0.0771. The van der Waals surface area contributed by atoms with E-state index < -0.39 is 33.2 Å². The summed E-state index contributed by atoms with van der Waals surface area (Å²) < 4.78 is 31.1. The minimum atomic E-state index is -4.21. The standard InChI is InChI=1S/C22H21N5O5S2/c1-26-18-9-8-15(13-16(18)20(29)27(2)22(26)30)34(31,32)25-17(12-14-6-4-3-5-7-14)19(28)24-21-23-10-11-33-21/h3-11,13,17,25H,12H2,1-2H3,(H,23,24,28)/t17-/m0/s1. The summed E-state index contributed by atoms with van der Waals surface area (Å²) in [4.78, 5) is 41.5. The lowest BCUT2D eigenvalue weighted by Crippen LogP contribution is -2.45. The number of thiazole rings is 1. The molecule has 0 aliphatic heterocycles. The molecule has 1 amide bonds. The van der Waals surface area contributed by atoms with Crippen molar-refractivity contribution in [3.63, 3.8) is 0 Å². The first-order valence-electron chi connectivity index (χ1n) is 10.1. The molecule has 176 valence electrons. The Kier molecular flexibility index (Phi) is 6.46. The molecule has 0 fully saturated rings. The molecule has 0 bridgehead atoms. The molecule has 34 heavy (non-hydrogen) atoms. The molecule has 0 spiro atoms. The molecule has 0 radical (unpaired) electrons. The monoisotopic (exact) mass is 499 g/mol. The number of aryl methyl sites for hydroxylation is 1. The third-order valence-electron chi connectivity index (χ3n) is 5.31. The van der Waals surface area contributed by atoms with Crippen LogP contribution in [0.3, 0.4) is 0 Å². The van der Waals surface area contributed by atoms with Crippen LogP contribution < -0.4 is 21.3 Å². The van der Waals surface area contributed by atoms with Crippen LogP contribution in [0.2, 0.25) is 0 Å². The zero-order valence-electron chi connectivity index (χ0n) is 18.3. The zero-order chi connectivity index (χ0) is 24.5. The van der Waals surface area contributed by atoms with Crippen molar-refractivity contribution in [2.75, 3.05) is 5.32 Å². The van der Waals surface area contributed by atoms with Crippen molar-refractivity contribution in [2.45, 2.75) is 17.4 Å². The molecule has 2 aromatic heterocycles. The predicted molar refractivity (Wildman–Crippen MR) is 129 cm³/mol. The lowest BCUT2D eigenvalue weighted by atomic mass is 10.1. The molecule has 2 N–H and O–H groups in total. The van der Waals surface area contributed by atoms with E-state index in [0.717, 1.165) is 10.1 Å². The van der Waals surface area contributed by atoms with Crippen LogP contribution in [0.25, 0.3) is 10.9 Å². The Bertz CT molecular complexity index is 1580. The normalized spacial score (nSPS) is 12.5. The van der Waals surface area contributed by atoms with Gasteiger partial charge in [-0.05, 0) is 30.2 Å². The van der Waals surface area contributed by atoms with Gasteiger partial charge in [0.2, 0.25) is 15.9 Å². The van der Waals surface area contributed by atoms with E-state index in [9.17, 15) is 22.8 Å². The van der Waals surface area contributed by atoms with Gasteiger partial charge in [-0.25, -0.2) is 18.2 Å². The summed E-state index contributed by atoms with van der Waals surface area (Å²) in [5, 5.41) is 4.73. The molecule has 12 heteroatoms. The number of nitrogens with one attached hydrogen (secondary N) is 2. The molecule has 4 aromatic rings. The van der Waals surface area contributed by atoms with Crippen molar-refractivity contribution in [1.29, 1.82) is 0 Å². The van der Waals surface area contributed by atoms with Crippen LogP contribution in [0.4, 0.5) is 5.13 Å². The third-order valence-corrected chi connectivity index (χ3v) is 7.47. The van der Waals surface area contributed by atoms with Gasteiger partial charge < -0.3 is 5.32 Å². The van der Waals surface area contributed by atoms with E-state index in [1.807, 2.05) is 6.07 Å². The highest BCUT2D eigenvalue weighted by atomic mass is 32.2. The molecule has 4 rings (SSSR count). The highest BCUT2D eigenvalue weighted by Crippen LogP contribution is 2.18. The number of benzene rings is 2. The fraction of sp³-hybridized carbons (Fsp3) is 0.182. The second-order valence-corrected chi connectivity index (χ2v) is 10.2. The molecule has 0 aliphatic rings. The van der Waals surface area contributed by atoms with Gasteiger partial charge >= 0.3 is 5.69 Å². The quantitative estimate of drug-likeness (QED) is 0.393. The highest BCUT2D eigenvalue weighted by Gasteiger charge is 2.27. The zero-order valence-corrected chi connectivity index (χ0v) is 19.9. The van der Waals surface area contributed by atoms with Crippen LogP contribution in [0.15, 0.2) is 74.6 Å². The Morgan fingerprint density at radius 1 is 1.09 bits per heavy atom. The summed E-state index contributed by atoms with van der Waals surface area (Å²) in [5.74, 6) is -0.568. The molecule has 0 unspecified atom stereocenters. The van der Waals surface area contributed by atoms with Crippen molar-refractivity contribution in [3.8, 4) is 0 Å². The summed E-state index contributed by atoms with van der Waals surface area (Å²) in [6.45, 7) is 0. The number of sulfonamides is 1. The van der Waals surface area contributed by atoms with Gasteiger partial charge in [0.15, 0.2) is 5.13 Å². The number of rotatable bonds is 7. The molecular formula is C22H21N5O5S2. The number of hydrogen-bond acceptors (Lipinski definition) is 7. The van der Waals surface area contributed by atoms with Gasteiger partial charge in [0.1, 0.15) is 6.04 Å². The average molecular weight is 500 g/mol. The number of carbonyl (C=O) groups excluding carboxylic acids is 1. The van der Waals surface area contributed by atoms with Gasteiger partial charge in [-0.2, -0.15) is 4.72 Å². The fourth-order valence-electron chi connectivity index (χ4n) is 3.51. The Hall–Kier alpha value is -3.61. The smallest absolute Gasteiger partial charge is 0.301 e. The lowest BCUT2D eigenvalue weighted by molar-refractivity contribution is -0.117. The molecule has 2 aromatic carbocycles. The van der Waals surface area contributed by atoms with Crippen LogP contribution >= 0.6 is 11.3 Å². The Morgan fingerprint density at radius 3 is 2.50 bits per heavy atom. The van der Waals surface area contributed by atoms with Crippen LogP contribution in [0.1, 0.15) is 5.56 Å². The van der Waals surface area contributed by atoms with E-state index in [1.165, 1.54) is 54.4 Å². The van der Waals surface area contributed by atoms with E-state index in [-0.39, 0.29) is 16.7 Å². The maximum absolute atomic E-state index is 13.2. The topological polar surface area (TPSA) is 132 Å². The molecule has 10 nitrogen and oxygen atoms in total. The maximum Gasteiger partial charge on any atom is 0.330 e. The van der Waals surface area contributed by atoms with Crippen molar-refractivity contribution in [1.82, 2.24) is 18.8 Å². The number of fused-ring (bicyclic) bond motifs is 1. The van der Waals surface area contributed by atoms with E-state index >= 15 is 0 Å². The van der Waals surface area contributed by atoms with Crippen molar-refractivity contribution in [2.24, 2.45) is 14.1 Å². The lowest BCUT2D eigenvalue weighted by Gasteiger charge is -2.18. The van der Waals surface area contributed by atoms with Gasteiger partial charge in [-0.3, -0.25) is 18.7 Å². The van der Waals surface area contributed by atoms with Crippen molar-refractivity contribution < 1.29 is 13.2 Å². The minimum Gasteiger partial charge on any atom is -0.301 e. The predicted octanol–water partition coefficient (Wildman–Crippen LogP) is 1.22. The van der Waals surface area contributed by atoms with Gasteiger partial charge in [0.05, 0.1) is 15.8 Å².